The molecule has 126 valence electrons. The molecule has 4 heteroatoms. The van der Waals surface area contributed by atoms with Crippen LogP contribution in [0.4, 0.5) is 5.69 Å². The Morgan fingerprint density at radius 1 is 1.12 bits per heavy atom. The molecule has 2 aromatic carbocycles. The van der Waals surface area contributed by atoms with E-state index >= 15 is 0 Å². The number of hydrogen-bond acceptors (Lipinski definition) is 2. The second kappa shape index (κ2) is 7.05. The van der Waals surface area contributed by atoms with Gasteiger partial charge in [-0.3, -0.25) is 4.79 Å². The van der Waals surface area contributed by atoms with Gasteiger partial charge < -0.3 is 15.0 Å². The highest BCUT2D eigenvalue weighted by Crippen LogP contribution is 2.28. The fourth-order valence-electron chi connectivity index (χ4n) is 3.47. The largest absolute Gasteiger partial charge is 0.496 e. The highest BCUT2D eigenvalue weighted by atomic mass is 16.5. The summed E-state index contributed by atoms with van der Waals surface area (Å²) in [6, 6.07) is 16.2. The summed E-state index contributed by atoms with van der Waals surface area (Å²) in [5.41, 5.74) is 3.44. The molecule has 1 aliphatic rings. The Kier molecular flexibility index (Phi) is 4.86. The van der Waals surface area contributed by atoms with Gasteiger partial charge in [-0.15, -0.1) is 0 Å². The van der Waals surface area contributed by atoms with Gasteiger partial charge in [0.15, 0.2) is 6.04 Å². The summed E-state index contributed by atoms with van der Waals surface area (Å²) < 4.78 is 5.44. The molecule has 0 bridgehead atoms. The number of hydrogen-bond donors (Lipinski definition) is 1. The Hall–Kier alpha value is -2.33. The lowest BCUT2D eigenvalue weighted by atomic mass is 10.1. The van der Waals surface area contributed by atoms with E-state index in [2.05, 4.69) is 24.4 Å². The van der Waals surface area contributed by atoms with Crippen LogP contribution in [0.25, 0.3) is 0 Å². The molecule has 24 heavy (non-hydrogen) atoms. The molecule has 0 saturated heterocycles. The van der Waals surface area contributed by atoms with Gasteiger partial charge in [-0.05, 0) is 44.0 Å². The number of nitrogens with two attached hydrogens (primary N) is 1. The molecule has 1 aliphatic heterocycles. The molecule has 1 amide bonds. The first-order valence-corrected chi connectivity index (χ1v) is 8.49. The van der Waals surface area contributed by atoms with Crippen molar-refractivity contribution in [2.45, 2.75) is 32.4 Å². The number of amides is 1. The van der Waals surface area contributed by atoms with E-state index in [0.29, 0.717) is 0 Å². The van der Waals surface area contributed by atoms with E-state index in [4.69, 9.17) is 4.74 Å². The zero-order valence-electron chi connectivity index (χ0n) is 14.5. The molecule has 1 heterocycles. The van der Waals surface area contributed by atoms with Crippen LogP contribution in [0.3, 0.4) is 0 Å². The number of carbonyl (C=O) groups is 1. The van der Waals surface area contributed by atoms with Gasteiger partial charge >= 0.3 is 0 Å². The highest BCUT2D eigenvalue weighted by Gasteiger charge is 2.31. The minimum Gasteiger partial charge on any atom is -0.496 e. The van der Waals surface area contributed by atoms with Crippen LogP contribution in [-0.2, 0) is 11.2 Å². The maximum atomic E-state index is 12.9. The predicted octanol–water partition coefficient (Wildman–Crippen LogP) is 2.30. The Morgan fingerprint density at radius 2 is 1.83 bits per heavy atom. The molecule has 2 aromatic rings. The molecular weight excluding hydrogens is 300 g/mol. The van der Waals surface area contributed by atoms with Crippen LogP contribution in [0.5, 0.6) is 5.75 Å². The monoisotopic (exact) mass is 325 g/mol. The van der Waals surface area contributed by atoms with Crippen LogP contribution in [0.15, 0.2) is 48.5 Å². The third-order valence-electron chi connectivity index (χ3n) is 4.75. The van der Waals surface area contributed by atoms with Gasteiger partial charge in [0.05, 0.1) is 12.7 Å². The van der Waals surface area contributed by atoms with Crippen molar-refractivity contribution < 1.29 is 14.8 Å². The van der Waals surface area contributed by atoms with Crippen molar-refractivity contribution in [1.29, 1.82) is 0 Å². The molecule has 4 nitrogen and oxygen atoms in total. The number of methoxy groups -OCH3 is 1. The minimum atomic E-state index is -0.143. The summed E-state index contributed by atoms with van der Waals surface area (Å²) in [5, 5.41) is 2.11. The number of anilines is 1. The fourth-order valence-corrected chi connectivity index (χ4v) is 3.47. The average Bonchev–Trinajstić information content (AvgIpc) is 3.04. The lowest BCUT2D eigenvalue weighted by molar-refractivity contribution is -0.710. The van der Waals surface area contributed by atoms with Crippen LogP contribution in [0.2, 0.25) is 0 Å². The molecule has 3 rings (SSSR count). The van der Waals surface area contributed by atoms with E-state index in [1.807, 2.05) is 48.2 Å². The number of nitrogens with zero attached hydrogens (tertiary/aromatic N) is 1. The van der Waals surface area contributed by atoms with E-state index in [-0.39, 0.29) is 18.0 Å². The number of ether oxygens (including phenoxy) is 1. The van der Waals surface area contributed by atoms with Gasteiger partial charge in [0.1, 0.15) is 11.8 Å². The Bertz CT molecular complexity index is 729. The summed E-state index contributed by atoms with van der Waals surface area (Å²) in [6.07, 6.45) is 0.941. The van der Waals surface area contributed by atoms with E-state index in [1.165, 1.54) is 5.56 Å². The van der Waals surface area contributed by atoms with Crippen LogP contribution in [-0.4, -0.2) is 25.6 Å². The van der Waals surface area contributed by atoms with Crippen molar-refractivity contribution in [3.63, 3.8) is 0 Å². The normalized spacial score (nSPS) is 15.7. The maximum absolute atomic E-state index is 12.9. The first-order chi connectivity index (χ1) is 11.6. The molecule has 2 atom stereocenters. The lowest BCUT2D eigenvalue weighted by Crippen LogP contribution is -2.92. The Labute approximate surface area is 143 Å². The Morgan fingerprint density at radius 3 is 2.62 bits per heavy atom. The van der Waals surface area contributed by atoms with Gasteiger partial charge in [-0.2, -0.15) is 0 Å². The predicted molar refractivity (Wildman–Crippen MR) is 95.3 cm³/mol. The zero-order chi connectivity index (χ0) is 17.1. The molecule has 0 unspecified atom stereocenters. The van der Waals surface area contributed by atoms with Gasteiger partial charge in [0, 0.05) is 12.2 Å². The van der Waals surface area contributed by atoms with Gasteiger partial charge in [0.25, 0.3) is 5.91 Å². The second-order valence-electron chi connectivity index (χ2n) is 6.38. The highest BCUT2D eigenvalue weighted by molar-refractivity contribution is 5.97. The molecule has 0 saturated carbocycles. The smallest absolute Gasteiger partial charge is 0.284 e. The average molecular weight is 325 g/mol. The third-order valence-corrected chi connectivity index (χ3v) is 4.75. The number of carbonyl (C=O) groups excluding carboxylic acids is 1. The second-order valence-corrected chi connectivity index (χ2v) is 6.38. The SMILES string of the molecule is COc1ccccc1[C@H](C)[NH2+][C@H](C)C(=O)N1CCc2ccccc21. The molecule has 0 radical (unpaired) electrons. The maximum Gasteiger partial charge on any atom is 0.284 e. The number of benzene rings is 2. The van der Waals surface area contributed by atoms with E-state index in [1.54, 1.807) is 7.11 Å². The number of quaternary nitrogens is 1. The van der Waals surface area contributed by atoms with Gasteiger partial charge in [0.2, 0.25) is 0 Å². The van der Waals surface area contributed by atoms with Crippen LogP contribution < -0.4 is 15.0 Å². The van der Waals surface area contributed by atoms with Crippen molar-refractivity contribution in [1.82, 2.24) is 0 Å². The van der Waals surface area contributed by atoms with Crippen molar-refractivity contribution in [2.75, 3.05) is 18.6 Å². The molecule has 0 spiro atoms. The zero-order valence-corrected chi connectivity index (χ0v) is 14.5. The van der Waals surface area contributed by atoms with Crippen molar-refractivity contribution in [3.8, 4) is 5.75 Å². The van der Waals surface area contributed by atoms with Crippen molar-refractivity contribution in [2.24, 2.45) is 0 Å². The minimum absolute atomic E-state index is 0.143. The van der Waals surface area contributed by atoms with Crippen molar-refractivity contribution >= 4 is 11.6 Å². The Balaban J connectivity index is 1.71. The summed E-state index contributed by atoms with van der Waals surface area (Å²) in [6.45, 7) is 4.87. The van der Waals surface area contributed by atoms with Crippen LogP contribution in [0, 0.1) is 0 Å². The number of fused-ring (bicyclic) bond motifs is 1. The molecule has 0 fully saturated rings. The third kappa shape index (κ3) is 3.15. The molecule has 2 N–H and O–H groups in total. The topological polar surface area (TPSA) is 46.1 Å². The summed E-state index contributed by atoms with van der Waals surface area (Å²) in [7, 11) is 1.68. The molecule has 0 aromatic heterocycles. The van der Waals surface area contributed by atoms with Crippen LogP contribution >= 0.6 is 0 Å². The summed E-state index contributed by atoms with van der Waals surface area (Å²) >= 11 is 0. The summed E-state index contributed by atoms with van der Waals surface area (Å²) in [5.74, 6) is 1.04. The van der Waals surface area contributed by atoms with E-state index in [9.17, 15) is 4.79 Å². The first kappa shape index (κ1) is 16.5. The molecular formula is C20H25N2O2+. The quantitative estimate of drug-likeness (QED) is 0.917. The molecule has 0 aliphatic carbocycles. The lowest BCUT2D eigenvalue weighted by Gasteiger charge is -2.23. The first-order valence-electron chi connectivity index (χ1n) is 8.49. The van der Waals surface area contributed by atoms with E-state index < -0.39 is 0 Å². The number of para-hydroxylation sites is 2. The summed E-state index contributed by atoms with van der Waals surface area (Å²) in [4.78, 5) is 14.8. The van der Waals surface area contributed by atoms with Crippen LogP contribution in [0.1, 0.15) is 31.0 Å². The number of rotatable bonds is 5. The van der Waals surface area contributed by atoms with Gasteiger partial charge in [-0.1, -0.05) is 30.3 Å². The fraction of sp³-hybridized carbons (Fsp3) is 0.350. The van der Waals surface area contributed by atoms with E-state index in [0.717, 1.165) is 30.0 Å². The standard InChI is InChI=1S/C20H24N2O2/c1-14(17-9-5-7-11-19(17)24-3)21-15(2)20(23)22-13-12-16-8-4-6-10-18(16)22/h4-11,14-15,21H,12-13H2,1-3H3/p+1/t14-,15+/m0/s1. The van der Waals surface area contributed by atoms with Gasteiger partial charge in [-0.25, -0.2) is 0 Å². The van der Waals surface area contributed by atoms with Crippen molar-refractivity contribution in [3.05, 3.63) is 59.7 Å².